The molecule has 0 saturated heterocycles. The first kappa shape index (κ1) is 9.17. The monoisotopic (exact) mass is 144 g/mol. The van der Waals surface area contributed by atoms with E-state index in [4.69, 9.17) is 0 Å². The van der Waals surface area contributed by atoms with Gasteiger partial charge in [-0.1, -0.05) is 13.5 Å². The van der Waals surface area contributed by atoms with Crippen LogP contribution in [0.25, 0.3) is 0 Å². The van der Waals surface area contributed by atoms with Crippen molar-refractivity contribution < 1.29 is 14.6 Å². The van der Waals surface area contributed by atoms with Crippen molar-refractivity contribution in [2.45, 2.75) is 25.9 Å². The third-order valence-corrected chi connectivity index (χ3v) is 1.32. The molecule has 1 atom stereocenters. The summed E-state index contributed by atoms with van der Waals surface area (Å²) >= 11 is 0. The molecule has 0 aromatic heterocycles. The van der Waals surface area contributed by atoms with E-state index in [1.54, 1.807) is 6.92 Å². The van der Waals surface area contributed by atoms with Crippen molar-refractivity contribution in [1.82, 2.24) is 0 Å². The molecule has 0 aliphatic carbocycles. The molecule has 1 unspecified atom stereocenters. The lowest BCUT2D eigenvalue weighted by molar-refractivity contribution is -0.157. The number of aliphatic hydroxyl groups is 1. The molecule has 0 aliphatic heterocycles. The molecule has 1 N–H and O–H groups in total. The molecule has 0 aromatic carbocycles. The second-order valence-electron chi connectivity index (χ2n) is 2.20. The van der Waals surface area contributed by atoms with Crippen molar-refractivity contribution in [1.29, 1.82) is 0 Å². The van der Waals surface area contributed by atoms with Gasteiger partial charge < -0.3 is 9.84 Å². The maximum atomic E-state index is 10.8. The number of hydrogen-bond acceptors (Lipinski definition) is 3. The Balaban J connectivity index is 4.03. The lowest BCUT2D eigenvalue weighted by Crippen LogP contribution is -2.34. The number of hydrogen-bond donors (Lipinski definition) is 1. The minimum atomic E-state index is -1.38. The van der Waals surface area contributed by atoms with Gasteiger partial charge in [0.05, 0.1) is 6.26 Å². The second-order valence-corrected chi connectivity index (χ2v) is 2.20. The molecule has 0 aliphatic rings. The fourth-order valence-corrected chi connectivity index (χ4v) is 0.347. The van der Waals surface area contributed by atoms with E-state index >= 15 is 0 Å². The molecule has 0 heterocycles. The first-order chi connectivity index (χ1) is 4.54. The van der Waals surface area contributed by atoms with Crippen molar-refractivity contribution in [3.05, 3.63) is 12.8 Å². The lowest BCUT2D eigenvalue weighted by Gasteiger charge is -2.16. The van der Waals surface area contributed by atoms with Crippen LogP contribution >= 0.6 is 0 Å². The second kappa shape index (κ2) is 3.37. The molecule has 0 bridgehead atoms. The third-order valence-electron chi connectivity index (χ3n) is 1.32. The molecule has 0 amide bonds. The Kier molecular flexibility index (Phi) is 3.09. The molecule has 10 heavy (non-hydrogen) atoms. The van der Waals surface area contributed by atoms with Gasteiger partial charge in [-0.05, 0) is 13.3 Å². The summed E-state index contributed by atoms with van der Waals surface area (Å²) in [5.74, 6) is -0.662. The van der Waals surface area contributed by atoms with Gasteiger partial charge in [0.2, 0.25) is 0 Å². The topological polar surface area (TPSA) is 46.5 Å². The highest BCUT2D eigenvalue weighted by molar-refractivity contribution is 5.79. The molecule has 3 heteroatoms. The Morgan fingerprint density at radius 3 is 2.70 bits per heavy atom. The predicted octanol–water partition coefficient (Wildman–Crippen LogP) is 0.834. The maximum Gasteiger partial charge on any atom is 0.342 e. The van der Waals surface area contributed by atoms with E-state index in [9.17, 15) is 9.90 Å². The average molecular weight is 144 g/mol. The van der Waals surface area contributed by atoms with Gasteiger partial charge in [0.15, 0.2) is 5.60 Å². The SMILES string of the molecule is C=COC(=O)C(C)(O)CC. The smallest absolute Gasteiger partial charge is 0.342 e. The highest BCUT2D eigenvalue weighted by Crippen LogP contribution is 2.10. The zero-order valence-corrected chi connectivity index (χ0v) is 6.26. The summed E-state index contributed by atoms with van der Waals surface area (Å²) in [6.07, 6.45) is 1.34. The van der Waals surface area contributed by atoms with Crippen molar-refractivity contribution in [2.24, 2.45) is 0 Å². The van der Waals surface area contributed by atoms with Crippen LogP contribution in [0.3, 0.4) is 0 Å². The number of carbonyl (C=O) groups is 1. The number of rotatable bonds is 3. The summed E-state index contributed by atoms with van der Waals surface area (Å²) in [4.78, 5) is 10.8. The summed E-state index contributed by atoms with van der Waals surface area (Å²) in [6, 6.07) is 0. The van der Waals surface area contributed by atoms with Crippen LogP contribution in [0.15, 0.2) is 12.8 Å². The van der Waals surface area contributed by atoms with Crippen LogP contribution in [0.2, 0.25) is 0 Å². The maximum absolute atomic E-state index is 10.8. The van der Waals surface area contributed by atoms with Crippen LogP contribution in [0.5, 0.6) is 0 Å². The van der Waals surface area contributed by atoms with Crippen LogP contribution < -0.4 is 0 Å². The van der Waals surface area contributed by atoms with Gasteiger partial charge in [0, 0.05) is 0 Å². The molecule has 0 saturated carbocycles. The van der Waals surface area contributed by atoms with Gasteiger partial charge in [0.25, 0.3) is 0 Å². The fourth-order valence-electron chi connectivity index (χ4n) is 0.347. The molecule has 0 rings (SSSR count). The van der Waals surface area contributed by atoms with E-state index in [1.807, 2.05) is 0 Å². The number of esters is 1. The van der Waals surface area contributed by atoms with Crippen LogP contribution in [0, 0.1) is 0 Å². The first-order valence-electron chi connectivity index (χ1n) is 3.09. The summed E-state index contributed by atoms with van der Waals surface area (Å²) < 4.78 is 4.37. The van der Waals surface area contributed by atoms with Crippen LogP contribution in [-0.4, -0.2) is 16.7 Å². The standard InChI is InChI=1S/C7H12O3/c1-4-7(3,9)6(8)10-5-2/h5,9H,2,4H2,1,3H3. The molecule has 3 nitrogen and oxygen atoms in total. The summed E-state index contributed by atoms with van der Waals surface area (Å²) in [7, 11) is 0. The molecular weight excluding hydrogens is 132 g/mol. The van der Waals surface area contributed by atoms with E-state index < -0.39 is 11.6 Å². The predicted molar refractivity (Wildman–Crippen MR) is 37.2 cm³/mol. The normalized spacial score (nSPS) is 15.5. The molecule has 0 fully saturated rings. The largest absolute Gasteiger partial charge is 0.433 e. The van der Waals surface area contributed by atoms with E-state index in [0.717, 1.165) is 6.26 Å². The van der Waals surface area contributed by atoms with Crippen LogP contribution in [-0.2, 0) is 9.53 Å². The van der Waals surface area contributed by atoms with Gasteiger partial charge in [-0.3, -0.25) is 0 Å². The highest BCUT2D eigenvalue weighted by atomic mass is 16.5. The number of ether oxygens (including phenoxy) is 1. The molecule has 58 valence electrons. The fraction of sp³-hybridized carbons (Fsp3) is 0.571. The Hall–Kier alpha value is -0.830. The van der Waals surface area contributed by atoms with Gasteiger partial charge >= 0.3 is 5.97 Å². The van der Waals surface area contributed by atoms with E-state index in [1.165, 1.54) is 6.92 Å². The molecular formula is C7H12O3. The van der Waals surface area contributed by atoms with Crippen molar-refractivity contribution in [3.63, 3.8) is 0 Å². The first-order valence-corrected chi connectivity index (χ1v) is 3.09. The molecule has 0 spiro atoms. The van der Waals surface area contributed by atoms with Gasteiger partial charge in [0.1, 0.15) is 0 Å². The van der Waals surface area contributed by atoms with Crippen molar-refractivity contribution in [3.8, 4) is 0 Å². The summed E-state index contributed by atoms with van der Waals surface area (Å²) in [5, 5.41) is 9.20. The van der Waals surface area contributed by atoms with E-state index in [2.05, 4.69) is 11.3 Å². The van der Waals surface area contributed by atoms with Crippen LogP contribution in [0.1, 0.15) is 20.3 Å². The van der Waals surface area contributed by atoms with Gasteiger partial charge in [-0.25, -0.2) is 4.79 Å². The van der Waals surface area contributed by atoms with Crippen molar-refractivity contribution >= 4 is 5.97 Å². The zero-order chi connectivity index (χ0) is 8.20. The Labute approximate surface area is 60.3 Å². The summed E-state index contributed by atoms with van der Waals surface area (Å²) in [5.41, 5.74) is -1.38. The van der Waals surface area contributed by atoms with Crippen molar-refractivity contribution in [2.75, 3.05) is 0 Å². The Morgan fingerprint density at radius 2 is 2.40 bits per heavy atom. The minimum Gasteiger partial charge on any atom is -0.433 e. The minimum absolute atomic E-state index is 0.333. The lowest BCUT2D eigenvalue weighted by atomic mass is 10.1. The van der Waals surface area contributed by atoms with E-state index in [-0.39, 0.29) is 0 Å². The zero-order valence-electron chi connectivity index (χ0n) is 6.26. The van der Waals surface area contributed by atoms with E-state index in [0.29, 0.717) is 6.42 Å². The van der Waals surface area contributed by atoms with Crippen LogP contribution in [0.4, 0.5) is 0 Å². The summed E-state index contributed by atoms with van der Waals surface area (Å²) in [6.45, 7) is 6.29. The Morgan fingerprint density at radius 1 is 1.90 bits per heavy atom. The molecule has 0 radical (unpaired) electrons. The highest BCUT2D eigenvalue weighted by Gasteiger charge is 2.28. The average Bonchev–Trinajstić information content (AvgIpc) is 1.89. The third kappa shape index (κ3) is 2.19. The Bertz CT molecular complexity index is 138. The number of carbonyl (C=O) groups excluding carboxylic acids is 1. The van der Waals surface area contributed by atoms with Gasteiger partial charge in [-0.2, -0.15) is 0 Å². The van der Waals surface area contributed by atoms with Gasteiger partial charge in [-0.15, -0.1) is 0 Å². The quantitative estimate of drug-likeness (QED) is 0.471. The molecule has 0 aromatic rings.